The van der Waals surface area contributed by atoms with Gasteiger partial charge in [-0.25, -0.2) is 4.79 Å². The van der Waals surface area contributed by atoms with Crippen LogP contribution in [-0.2, 0) is 16.0 Å². The van der Waals surface area contributed by atoms with Crippen molar-refractivity contribution < 1.29 is 23.8 Å². The number of likely N-dealkylation sites (N-methyl/N-ethyl adjacent to an activating group) is 1. The van der Waals surface area contributed by atoms with Crippen LogP contribution >= 0.6 is 24.8 Å². The van der Waals surface area contributed by atoms with E-state index in [0.717, 1.165) is 60.6 Å². The first-order valence-corrected chi connectivity index (χ1v) is 11.5. The standard InChI is InChI=1S/C26H31N3O5.2ClH/c1-18-22(23-16-21(32-3)8-9-24(23)27-18)17-25(30)34-20-6-4-19(5-7-20)26(31)33-15-14-29-12-10-28(2)11-13-29;;/h4-9,16,27H,10-15,17H2,1-3H3;2*1H. The molecule has 1 aliphatic rings. The predicted octanol–water partition coefficient (Wildman–Crippen LogP) is 3.88. The Labute approximate surface area is 223 Å². The number of methoxy groups -OCH3 is 1. The number of rotatable bonds is 8. The average molecular weight is 538 g/mol. The lowest BCUT2D eigenvalue weighted by molar-refractivity contribution is -0.133. The molecule has 0 radical (unpaired) electrons. The highest BCUT2D eigenvalue weighted by molar-refractivity contribution is 5.91. The van der Waals surface area contributed by atoms with Crippen molar-refractivity contribution in [1.82, 2.24) is 14.8 Å². The van der Waals surface area contributed by atoms with Gasteiger partial charge in [-0.2, -0.15) is 0 Å². The summed E-state index contributed by atoms with van der Waals surface area (Å²) in [6.45, 7) is 7.05. The maximum Gasteiger partial charge on any atom is 0.338 e. The molecule has 36 heavy (non-hydrogen) atoms. The minimum atomic E-state index is -0.380. The third-order valence-electron chi connectivity index (χ3n) is 6.21. The van der Waals surface area contributed by atoms with Gasteiger partial charge in [-0.1, -0.05) is 0 Å². The number of H-pyrrole nitrogens is 1. The first kappa shape index (κ1) is 29.5. The Morgan fingerprint density at radius 1 is 0.972 bits per heavy atom. The highest BCUT2D eigenvalue weighted by Gasteiger charge is 2.17. The Bertz CT molecular complexity index is 1160. The van der Waals surface area contributed by atoms with Gasteiger partial charge in [-0.3, -0.25) is 9.69 Å². The first-order valence-electron chi connectivity index (χ1n) is 11.5. The maximum atomic E-state index is 12.6. The van der Waals surface area contributed by atoms with E-state index < -0.39 is 0 Å². The number of hydrogen-bond donors (Lipinski definition) is 1. The zero-order chi connectivity index (χ0) is 24.1. The van der Waals surface area contributed by atoms with Crippen molar-refractivity contribution in [3.05, 3.63) is 59.3 Å². The van der Waals surface area contributed by atoms with Gasteiger partial charge in [-0.05, 0) is 62.0 Å². The largest absolute Gasteiger partial charge is 0.497 e. The van der Waals surface area contributed by atoms with Crippen LogP contribution in [0.2, 0.25) is 0 Å². The molecule has 0 aliphatic carbocycles. The second-order valence-electron chi connectivity index (χ2n) is 8.60. The SMILES string of the molecule is COc1ccc2[nH]c(C)c(CC(=O)Oc3ccc(C(=O)OCCN4CCN(C)CC4)cc3)c2c1.Cl.Cl. The number of carbonyl (C=O) groups excluding carboxylic acids is 2. The molecule has 0 amide bonds. The molecule has 196 valence electrons. The third kappa shape index (κ3) is 7.36. The van der Waals surface area contributed by atoms with Crippen LogP contribution in [0.3, 0.4) is 0 Å². The van der Waals surface area contributed by atoms with Gasteiger partial charge in [0.05, 0.1) is 19.1 Å². The van der Waals surface area contributed by atoms with E-state index in [2.05, 4.69) is 21.8 Å². The summed E-state index contributed by atoms with van der Waals surface area (Å²) >= 11 is 0. The van der Waals surface area contributed by atoms with E-state index in [9.17, 15) is 9.59 Å². The minimum absolute atomic E-state index is 0. The minimum Gasteiger partial charge on any atom is -0.497 e. The van der Waals surface area contributed by atoms with Crippen LogP contribution in [0, 0.1) is 6.92 Å². The van der Waals surface area contributed by atoms with Gasteiger partial charge in [0.25, 0.3) is 0 Å². The van der Waals surface area contributed by atoms with Gasteiger partial charge in [-0.15, -0.1) is 24.8 Å². The van der Waals surface area contributed by atoms with Gasteiger partial charge in [0.2, 0.25) is 0 Å². The Hall–Kier alpha value is -2.78. The van der Waals surface area contributed by atoms with E-state index in [1.54, 1.807) is 31.4 Å². The summed E-state index contributed by atoms with van der Waals surface area (Å²) in [6, 6.07) is 12.2. The lowest BCUT2D eigenvalue weighted by atomic mass is 10.1. The Morgan fingerprint density at radius 3 is 2.31 bits per heavy atom. The summed E-state index contributed by atoms with van der Waals surface area (Å²) in [7, 11) is 3.72. The van der Waals surface area contributed by atoms with Gasteiger partial charge in [0.1, 0.15) is 18.1 Å². The summed E-state index contributed by atoms with van der Waals surface area (Å²) in [4.78, 5) is 32.8. The number of nitrogens with zero attached hydrogens (tertiary/aromatic N) is 2. The lowest BCUT2D eigenvalue weighted by Gasteiger charge is -2.32. The number of nitrogens with one attached hydrogen (secondary N) is 1. The summed E-state index contributed by atoms with van der Waals surface area (Å²) < 4.78 is 16.2. The number of esters is 2. The topological polar surface area (TPSA) is 84.1 Å². The van der Waals surface area contributed by atoms with Crippen LogP contribution in [0.5, 0.6) is 11.5 Å². The van der Waals surface area contributed by atoms with Crippen molar-refractivity contribution in [2.45, 2.75) is 13.3 Å². The fraction of sp³-hybridized carbons (Fsp3) is 0.385. The van der Waals surface area contributed by atoms with Gasteiger partial charge < -0.3 is 24.1 Å². The van der Waals surface area contributed by atoms with Crippen LogP contribution in [0.1, 0.15) is 21.6 Å². The zero-order valence-electron chi connectivity index (χ0n) is 20.7. The number of benzene rings is 2. The second kappa shape index (κ2) is 13.5. The molecule has 10 heteroatoms. The first-order chi connectivity index (χ1) is 16.4. The normalized spacial score (nSPS) is 14.0. The van der Waals surface area contributed by atoms with Crippen molar-refractivity contribution in [1.29, 1.82) is 0 Å². The molecule has 1 aromatic heterocycles. The molecule has 3 aromatic rings. The van der Waals surface area contributed by atoms with Gasteiger partial charge in [0.15, 0.2) is 0 Å². The fourth-order valence-corrected chi connectivity index (χ4v) is 4.11. The number of piperazine rings is 1. The lowest BCUT2D eigenvalue weighted by Crippen LogP contribution is -2.45. The van der Waals surface area contributed by atoms with E-state index in [1.165, 1.54) is 0 Å². The second-order valence-corrected chi connectivity index (χ2v) is 8.60. The third-order valence-corrected chi connectivity index (χ3v) is 6.21. The molecule has 0 spiro atoms. The summed E-state index contributed by atoms with van der Waals surface area (Å²) in [5, 5.41) is 0.934. The molecule has 2 heterocycles. The van der Waals surface area contributed by atoms with Crippen LogP contribution in [-0.4, -0.2) is 80.2 Å². The average Bonchev–Trinajstić information content (AvgIpc) is 3.14. The van der Waals surface area contributed by atoms with Crippen LogP contribution in [0.15, 0.2) is 42.5 Å². The molecule has 8 nitrogen and oxygen atoms in total. The maximum absolute atomic E-state index is 12.6. The number of carbonyl (C=O) groups is 2. The van der Waals surface area contributed by atoms with Crippen LogP contribution in [0.25, 0.3) is 10.9 Å². The highest BCUT2D eigenvalue weighted by Crippen LogP contribution is 2.27. The monoisotopic (exact) mass is 537 g/mol. The summed E-state index contributed by atoms with van der Waals surface area (Å²) in [6.07, 6.45) is 0.120. The van der Waals surface area contributed by atoms with E-state index >= 15 is 0 Å². The fourth-order valence-electron chi connectivity index (χ4n) is 4.11. The number of aromatic amines is 1. The van der Waals surface area contributed by atoms with Crippen LogP contribution < -0.4 is 9.47 Å². The zero-order valence-corrected chi connectivity index (χ0v) is 22.4. The van der Waals surface area contributed by atoms with Crippen LogP contribution in [0.4, 0.5) is 0 Å². The molecule has 0 saturated carbocycles. The predicted molar refractivity (Wildman–Crippen MR) is 144 cm³/mol. The molecule has 2 aromatic carbocycles. The number of ether oxygens (including phenoxy) is 3. The number of hydrogen-bond acceptors (Lipinski definition) is 7. The van der Waals surface area contributed by atoms with E-state index in [4.69, 9.17) is 14.2 Å². The molecule has 4 rings (SSSR count). The molecule has 0 atom stereocenters. The molecular formula is C26H33Cl2N3O5. The summed E-state index contributed by atoms with van der Waals surface area (Å²) in [5.74, 6) is 0.353. The Balaban J connectivity index is 0.00000228. The van der Waals surface area contributed by atoms with Crippen molar-refractivity contribution in [2.75, 3.05) is 53.5 Å². The van der Waals surface area contributed by atoms with Crippen molar-refractivity contribution in [3.63, 3.8) is 0 Å². The molecule has 1 N–H and O–H groups in total. The molecule has 0 unspecified atom stereocenters. The number of aryl methyl sites for hydroxylation is 1. The van der Waals surface area contributed by atoms with Crippen molar-refractivity contribution >= 4 is 47.7 Å². The molecule has 1 saturated heterocycles. The van der Waals surface area contributed by atoms with Gasteiger partial charge in [0, 0.05) is 49.3 Å². The number of halogens is 2. The molecule has 1 aliphatic heterocycles. The quantitative estimate of drug-likeness (QED) is 0.344. The van der Waals surface area contributed by atoms with E-state index in [0.29, 0.717) is 17.9 Å². The van der Waals surface area contributed by atoms with Crippen molar-refractivity contribution in [2.24, 2.45) is 0 Å². The number of aromatic nitrogens is 1. The highest BCUT2D eigenvalue weighted by atomic mass is 35.5. The molecular weight excluding hydrogens is 505 g/mol. The molecule has 0 bridgehead atoms. The van der Waals surface area contributed by atoms with Crippen molar-refractivity contribution in [3.8, 4) is 11.5 Å². The Kier molecular flexibility index (Phi) is 11.0. The van der Waals surface area contributed by atoms with E-state index in [-0.39, 0.29) is 43.2 Å². The van der Waals surface area contributed by atoms with Gasteiger partial charge >= 0.3 is 11.9 Å². The molecule has 1 fully saturated rings. The smallest absolute Gasteiger partial charge is 0.338 e. The Morgan fingerprint density at radius 2 is 1.64 bits per heavy atom. The van der Waals surface area contributed by atoms with E-state index in [1.807, 2.05) is 25.1 Å². The number of fused-ring (bicyclic) bond motifs is 1. The summed E-state index contributed by atoms with van der Waals surface area (Å²) in [5.41, 5.74) is 3.16.